The van der Waals surface area contributed by atoms with E-state index in [9.17, 15) is 0 Å². The number of nitrogens with zero attached hydrogens (tertiary/aromatic N) is 4. The minimum atomic E-state index is 0. The minimum Gasteiger partial charge on any atom is -0.382 e. The van der Waals surface area contributed by atoms with Crippen molar-refractivity contribution >= 4 is 18.6 Å². The zero-order valence-electron chi connectivity index (χ0n) is 8.35. The van der Waals surface area contributed by atoms with Gasteiger partial charge in [0.15, 0.2) is 0 Å². The average Bonchev–Trinajstić information content (AvgIpc) is 1.97. The van der Waals surface area contributed by atoms with Crippen molar-refractivity contribution in [1.82, 2.24) is 9.91 Å². The van der Waals surface area contributed by atoms with Crippen LogP contribution in [-0.4, -0.2) is 44.3 Å². The Balaban J connectivity index is 0. The molecule has 0 aliphatic heterocycles. The molecule has 0 unspecified atom stereocenters. The lowest BCUT2D eigenvalue weighted by Gasteiger charge is -2.04. The summed E-state index contributed by atoms with van der Waals surface area (Å²) < 4.78 is 0. The Morgan fingerprint density at radius 3 is 2.15 bits per heavy atom. The lowest BCUT2D eigenvalue weighted by Crippen LogP contribution is -2.05. The van der Waals surface area contributed by atoms with E-state index in [1.165, 1.54) is 6.21 Å². The van der Waals surface area contributed by atoms with E-state index in [1.54, 1.807) is 30.2 Å². The molecule has 13 heavy (non-hydrogen) atoms. The van der Waals surface area contributed by atoms with E-state index in [-0.39, 0.29) is 12.4 Å². The predicted molar refractivity (Wildman–Crippen MR) is 56.8 cm³/mol. The molecule has 0 radical (unpaired) electrons. The van der Waals surface area contributed by atoms with E-state index in [4.69, 9.17) is 5.26 Å². The first-order valence-electron chi connectivity index (χ1n) is 3.56. The van der Waals surface area contributed by atoms with E-state index in [2.05, 4.69) is 5.10 Å². The number of rotatable bonds is 3. The molecule has 0 saturated carbocycles. The van der Waals surface area contributed by atoms with Gasteiger partial charge in [-0.15, -0.1) is 12.4 Å². The molecule has 0 aliphatic rings. The lowest BCUT2D eigenvalue weighted by molar-refractivity contribution is 0.440. The monoisotopic (exact) mass is 202 g/mol. The summed E-state index contributed by atoms with van der Waals surface area (Å²) in [5.41, 5.74) is 0.536. The van der Waals surface area contributed by atoms with Crippen LogP contribution in [0.1, 0.15) is 0 Å². The highest BCUT2D eigenvalue weighted by Crippen LogP contribution is 1.90. The fraction of sp³-hybridized carbons (Fsp3) is 0.500. The third-order valence-corrected chi connectivity index (χ3v) is 0.954. The number of hydrazone groups is 1. The van der Waals surface area contributed by atoms with Gasteiger partial charge in [0.25, 0.3) is 0 Å². The first kappa shape index (κ1) is 14.3. The molecule has 0 aromatic carbocycles. The highest BCUT2D eigenvalue weighted by Gasteiger charge is 1.90. The van der Waals surface area contributed by atoms with E-state index in [1.807, 2.05) is 20.2 Å². The number of halogens is 1. The van der Waals surface area contributed by atoms with Crippen molar-refractivity contribution in [2.45, 2.75) is 0 Å². The molecule has 0 aliphatic carbocycles. The molecule has 0 spiro atoms. The van der Waals surface area contributed by atoms with Gasteiger partial charge in [0.1, 0.15) is 6.07 Å². The van der Waals surface area contributed by atoms with Crippen LogP contribution in [-0.2, 0) is 0 Å². The smallest absolute Gasteiger partial charge is 0.102 e. The maximum Gasteiger partial charge on any atom is 0.102 e. The standard InChI is InChI=1S/C8H14N4.ClH/c1-11(2)7-8(5-9)6-10-12(3)4;/h6-7H,1-4H3;1H. The van der Waals surface area contributed by atoms with Gasteiger partial charge in [-0.05, 0) is 0 Å². The van der Waals surface area contributed by atoms with Crippen molar-refractivity contribution < 1.29 is 0 Å². The van der Waals surface area contributed by atoms with E-state index < -0.39 is 0 Å². The number of hydrogen-bond acceptors (Lipinski definition) is 4. The topological polar surface area (TPSA) is 42.6 Å². The van der Waals surface area contributed by atoms with Crippen LogP contribution in [0.3, 0.4) is 0 Å². The molecule has 74 valence electrons. The summed E-state index contributed by atoms with van der Waals surface area (Å²) >= 11 is 0. The highest BCUT2D eigenvalue weighted by molar-refractivity contribution is 5.85. The Morgan fingerprint density at radius 1 is 1.31 bits per heavy atom. The number of hydrogen-bond donors (Lipinski definition) is 0. The number of allylic oxidation sites excluding steroid dienone is 1. The summed E-state index contributed by atoms with van der Waals surface area (Å²) in [5.74, 6) is 0. The Bertz CT molecular complexity index is 225. The summed E-state index contributed by atoms with van der Waals surface area (Å²) in [6.07, 6.45) is 3.24. The van der Waals surface area contributed by atoms with E-state index in [0.717, 1.165) is 0 Å². The van der Waals surface area contributed by atoms with Crippen molar-refractivity contribution in [2.75, 3.05) is 28.2 Å². The van der Waals surface area contributed by atoms with Crippen LogP contribution in [0.4, 0.5) is 0 Å². The van der Waals surface area contributed by atoms with Crippen molar-refractivity contribution in [3.63, 3.8) is 0 Å². The number of nitriles is 1. The molecule has 0 bridgehead atoms. The van der Waals surface area contributed by atoms with Crippen molar-refractivity contribution in [3.8, 4) is 6.07 Å². The second-order valence-corrected chi connectivity index (χ2v) is 2.75. The van der Waals surface area contributed by atoms with Crippen LogP contribution in [0.2, 0.25) is 0 Å². The van der Waals surface area contributed by atoms with Crippen LogP contribution in [0.5, 0.6) is 0 Å². The summed E-state index contributed by atoms with van der Waals surface area (Å²) in [4.78, 5) is 1.81. The van der Waals surface area contributed by atoms with Crippen LogP contribution in [0, 0.1) is 11.3 Å². The molecule has 4 nitrogen and oxygen atoms in total. The van der Waals surface area contributed by atoms with Gasteiger partial charge in [0.2, 0.25) is 0 Å². The first-order chi connectivity index (χ1) is 5.56. The molecule has 0 aromatic rings. The largest absolute Gasteiger partial charge is 0.382 e. The quantitative estimate of drug-likeness (QED) is 0.389. The Labute approximate surface area is 85.5 Å². The van der Waals surface area contributed by atoms with Gasteiger partial charge < -0.3 is 9.91 Å². The Hall–Kier alpha value is -1.21. The van der Waals surface area contributed by atoms with Crippen molar-refractivity contribution in [1.29, 1.82) is 5.26 Å². The molecule has 5 heteroatoms. The lowest BCUT2D eigenvalue weighted by atomic mass is 10.3. The molecular formula is C8H15ClN4. The zero-order valence-corrected chi connectivity index (χ0v) is 9.17. The van der Waals surface area contributed by atoms with Crippen LogP contribution < -0.4 is 0 Å². The van der Waals surface area contributed by atoms with Gasteiger partial charge in [0.05, 0.1) is 11.8 Å². The third-order valence-electron chi connectivity index (χ3n) is 0.954. The fourth-order valence-electron chi connectivity index (χ4n) is 0.547. The van der Waals surface area contributed by atoms with Gasteiger partial charge in [0, 0.05) is 34.4 Å². The normalized spacial score (nSPS) is 10.5. The Kier molecular flexibility index (Phi) is 8.20. The maximum absolute atomic E-state index is 8.63. The SMILES string of the molecule is CN(C)C=C(C#N)C=NN(C)C.Cl. The highest BCUT2D eigenvalue weighted by atomic mass is 35.5. The third kappa shape index (κ3) is 8.70. The fourth-order valence-corrected chi connectivity index (χ4v) is 0.547. The summed E-state index contributed by atoms with van der Waals surface area (Å²) in [7, 11) is 7.34. The maximum atomic E-state index is 8.63. The summed E-state index contributed by atoms with van der Waals surface area (Å²) in [6, 6.07) is 2.03. The van der Waals surface area contributed by atoms with Crippen molar-refractivity contribution in [3.05, 3.63) is 11.8 Å². The van der Waals surface area contributed by atoms with E-state index in [0.29, 0.717) is 5.57 Å². The average molecular weight is 203 g/mol. The first-order valence-corrected chi connectivity index (χ1v) is 3.56. The molecule has 0 rings (SSSR count). The summed E-state index contributed by atoms with van der Waals surface area (Å²) in [6.45, 7) is 0. The second kappa shape index (κ2) is 7.44. The molecule has 0 amide bonds. The van der Waals surface area contributed by atoms with Gasteiger partial charge in [-0.25, -0.2) is 0 Å². The van der Waals surface area contributed by atoms with Gasteiger partial charge in [-0.2, -0.15) is 10.4 Å². The zero-order chi connectivity index (χ0) is 9.56. The minimum absolute atomic E-state index is 0. The van der Waals surface area contributed by atoms with Gasteiger partial charge >= 0.3 is 0 Å². The molecule has 0 atom stereocenters. The predicted octanol–water partition coefficient (Wildman–Crippen LogP) is 0.925. The molecule has 0 fully saturated rings. The van der Waals surface area contributed by atoms with Crippen molar-refractivity contribution in [2.24, 2.45) is 5.10 Å². The van der Waals surface area contributed by atoms with Gasteiger partial charge in [-0.1, -0.05) is 0 Å². The Morgan fingerprint density at radius 2 is 1.85 bits per heavy atom. The molecule has 0 N–H and O–H groups in total. The molecule has 0 aromatic heterocycles. The molecule has 0 saturated heterocycles. The second-order valence-electron chi connectivity index (χ2n) is 2.75. The van der Waals surface area contributed by atoms with E-state index >= 15 is 0 Å². The van der Waals surface area contributed by atoms with Gasteiger partial charge in [-0.3, -0.25) is 0 Å². The van der Waals surface area contributed by atoms with Crippen LogP contribution >= 0.6 is 12.4 Å². The van der Waals surface area contributed by atoms with Crippen LogP contribution in [0.15, 0.2) is 16.9 Å². The van der Waals surface area contributed by atoms with Crippen LogP contribution in [0.25, 0.3) is 0 Å². The summed E-state index contributed by atoms with van der Waals surface area (Å²) in [5, 5.41) is 14.2. The molecule has 0 heterocycles. The molecular weight excluding hydrogens is 188 g/mol.